The van der Waals surface area contributed by atoms with Crippen LogP contribution in [0.4, 0.5) is 26.3 Å². The number of hydrazone groups is 1. The van der Waals surface area contributed by atoms with E-state index in [1.807, 2.05) is 0 Å². The molecule has 3 aromatic rings. The van der Waals surface area contributed by atoms with Gasteiger partial charge < -0.3 is 10.6 Å². The van der Waals surface area contributed by atoms with Crippen LogP contribution in [0.1, 0.15) is 11.3 Å². The molecule has 1 aromatic heterocycles. The number of nitrogens with zero attached hydrogens (tertiary/aromatic N) is 4. The van der Waals surface area contributed by atoms with Gasteiger partial charge in [-0.1, -0.05) is 6.07 Å². The third-order valence-electron chi connectivity index (χ3n) is 4.86. The van der Waals surface area contributed by atoms with Crippen molar-refractivity contribution in [2.45, 2.75) is 11.5 Å². The van der Waals surface area contributed by atoms with Crippen molar-refractivity contribution >= 4 is 6.34 Å². The zero-order valence-corrected chi connectivity index (χ0v) is 17.5. The zero-order valence-electron chi connectivity index (χ0n) is 17.5. The normalized spacial score (nSPS) is 13.5. The number of nitroso groups, excluding NO2 is 1. The fourth-order valence-corrected chi connectivity index (χ4v) is 3.22. The summed E-state index contributed by atoms with van der Waals surface area (Å²) in [6.45, 7) is -1.14. The molecule has 0 fully saturated rings. The van der Waals surface area contributed by atoms with Gasteiger partial charge in [-0.3, -0.25) is 9.99 Å². The van der Waals surface area contributed by atoms with E-state index in [9.17, 15) is 22.5 Å². The summed E-state index contributed by atoms with van der Waals surface area (Å²) in [5.74, 6) is 0.987. The lowest BCUT2D eigenvalue weighted by atomic mass is 9.81. The van der Waals surface area contributed by atoms with E-state index in [-0.39, 0.29) is 11.5 Å². The van der Waals surface area contributed by atoms with Crippen molar-refractivity contribution in [1.29, 1.82) is 0 Å². The standard InChI is InChI=1S/C21H16F6N6O2/c22-12-1-4-15(17(24)7-12)20(32-34,10-33(29)11-31-28)21(26,27)19-6-3-14(9-30-19)35-13-2-5-16(23)18(25)8-13/h1-9,11H,10,28-29H2/b31-11-. The smallest absolute Gasteiger partial charge is 0.323 e. The summed E-state index contributed by atoms with van der Waals surface area (Å²) in [5.41, 5.74) is -5.28. The number of hydrazine groups is 1. The van der Waals surface area contributed by atoms with Crippen molar-refractivity contribution in [3.05, 3.63) is 94.2 Å². The Labute approximate surface area is 193 Å². The molecule has 1 unspecified atom stereocenters. The first-order valence-electron chi connectivity index (χ1n) is 9.56. The molecule has 14 heteroatoms. The lowest BCUT2D eigenvalue weighted by Gasteiger charge is -2.36. The van der Waals surface area contributed by atoms with Crippen LogP contribution in [0.25, 0.3) is 0 Å². The van der Waals surface area contributed by atoms with Crippen LogP contribution in [0.2, 0.25) is 0 Å². The van der Waals surface area contributed by atoms with Gasteiger partial charge in [0.15, 0.2) is 11.6 Å². The Bertz CT molecular complexity index is 1240. The molecule has 4 N–H and O–H groups in total. The molecular weight excluding hydrogens is 482 g/mol. The highest BCUT2D eigenvalue weighted by Crippen LogP contribution is 2.49. The summed E-state index contributed by atoms with van der Waals surface area (Å²) in [6.07, 6.45) is 1.49. The molecule has 0 bridgehead atoms. The highest BCUT2D eigenvalue weighted by molar-refractivity contribution is 5.54. The first-order valence-corrected chi connectivity index (χ1v) is 9.56. The van der Waals surface area contributed by atoms with Crippen molar-refractivity contribution in [2.24, 2.45) is 22.0 Å². The number of pyridine rings is 1. The van der Waals surface area contributed by atoms with E-state index in [0.29, 0.717) is 29.5 Å². The summed E-state index contributed by atoms with van der Waals surface area (Å²) >= 11 is 0. The number of halogens is 6. The lowest BCUT2D eigenvalue weighted by molar-refractivity contribution is -0.0958. The van der Waals surface area contributed by atoms with Gasteiger partial charge >= 0.3 is 5.92 Å². The van der Waals surface area contributed by atoms with E-state index >= 15 is 8.78 Å². The summed E-state index contributed by atoms with van der Waals surface area (Å²) in [5, 5.41) is 6.05. The van der Waals surface area contributed by atoms with Crippen LogP contribution in [0, 0.1) is 28.2 Å². The number of nitrogens with two attached hydrogens (primary N) is 2. The Morgan fingerprint density at radius 1 is 0.971 bits per heavy atom. The van der Waals surface area contributed by atoms with Crippen molar-refractivity contribution in [3.8, 4) is 11.5 Å². The van der Waals surface area contributed by atoms with E-state index < -0.39 is 52.5 Å². The van der Waals surface area contributed by atoms with Crippen molar-refractivity contribution < 1.29 is 31.1 Å². The van der Waals surface area contributed by atoms with Gasteiger partial charge in [-0.2, -0.15) is 13.9 Å². The predicted molar refractivity (Wildman–Crippen MR) is 112 cm³/mol. The molecule has 184 valence electrons. The second-order valence-electron chi connectivity index (χ2n) is 7.14. The Balaban J connectivity index is 2.04. The van der Waals surface area contributed by atoms with Crippen LogP contribution in [-0.2, 0) is 11.5 Å². The lowest BCUT2D eigenvalue weighted by Crippen LogP contribution is -2.52. The molecule has 0 aliphatic heterocycles. The van der Waals surface area contributed by atoms with Crippen molar-refractivity contribution in [2.75, 3.05) is 6.54 Å². The number of benzene rings is 2. The molecule has 3 rings (SSSR count). The monoisotopic (exact) mass is 498 g/mol. The van der Waals surface area contributed by atoms with Crippen LogP contribution in [0.3, 0.4) is 0 Å². The Morgan fingerprint density at radius 3 is 2.26 bits per heavy atom. The maximum atomic E-state index is 15.8. The Kier molecular flexibility index (Phi) is 7.24. The fraction of sp³-hybridized carbons (Fsp3) is 0.143. The SMILES string of the molecule is N/N=C\N(N)CC(N=O)(c1ccc(F)cc1F)C(F)(F)c1ccc(Oc2ccc(F)c(F)c2)cn1. The molecule has 0 aliphatic carbocycles. The average Bonchev–Trinajstić information content (AvgIpc) is 2.80. The largest absolute Gasteiger partial charge is 0.456 e. The summed E-state index contributed by atoms with van der Waals surface area (Å²) in [4.78, 5) is 15.5. The number of alkyl halides is 2. The third-order valence-corrected chi connectivity index (χ3v) is 4.86. The third kappa shape index (κ3) is 5.01. The number of hydrogen-bond donors (Lipinski definition) is 2. The van der Waals surface area contributed by atoms with Crippen LogP contribution in [-0.4, -0.2) is 22.9 Å². The summed E-state index contributed by atoms with van der Waals surface area (Å²) in [7, 11) is 0. The number of rotatable bonds is 9. The van der Waals surface area contributed by atoms with Crippen LogP contribution < -0.4 is 16.4 Å². The summed E-state index contributed by atoms with van der Waals surface area (Å²) < 4.78 is 91.3. The second kappa shape index (κ2) is 9.97. The number of ether oxygens (including phenoxy) is 1. The summed E-state index contributed by atoms with van der Waals surface area (Å²) in [6, 6.07) is 5.96. The first kappa shape index (κ1) is 25.4. The molecular formula is C21H16F6N6O2. The van der Waals surface area contributed by atoms with Gasteiger partial charge in [0.05, 0.1) is 12.7 Å². The minimum Gasteiger partial charge on any atom is -0.456 e. The quantitative estimate of drug-likeness (QED) is 0.114. The zero-order chi connectivity index (χ0) is 25.8. The molecule has 0 saturated heterocycles. The van der Waals surface area contributed by atoms with Crippen molar-refractivity contribution in [1.82, 2.24) is 9.99 Å². The number of aromatic nitrogens is 1. The van der Waals surface area contributed by atoms with E-state index in [4.69, 9.17) is 16.4 Å². The van der Waals surface area contributed by atoms with Crippen LogP contribution in [0.15, 0.2) is 65.0 Å². The molecule has 1 atom stereocenters. The van der Waals surface area contributed by atoms with Crippen molar-refractivity contribution in [3.63, 3.8) is 0 Å². The maximum absolute atomic E-state index is 15.8. The van der Waals surface area contributed by atoms with Gasteiger partial charge in [0.25, 0.3) is 0 Å². The molecule has 0 saturated carbocycles. The fourth-order valence-electron chi connectivity index (χ4n) is 3.22. The topological polar surface area (TPSA) is 119 Å². The van der Waals surface area contributed by atoms with E-state index in [1.54, 1.807) is 0 Å². The van der Waals surface area contributed by atoms with E-state index in [0.717, 1.165) is 36.5 Å². The van der Waals surface area contributed by atoms with Gasteiger partial charge in [0, 0.05) is 17.7 Å². The molecule has 8 nitrogen and oxygen atoms in total. The van der Waals surface area contributed by atoms with Gasteiger partial charge in [-0.15, -0.1) is 4.91 Å². The predicted octanol–water partition coefficient (Wildman–Crippen LogP) is 4.26. The molecule has 2 aromatic carbocycles. The highest BCUT2D eigenvalue weighted by atomic mass is 19.3. The van der Waals surface area contributed by atoms with Crippen LogP contribution >= 0.6 is 0 Å². The first-order chi connectivity index (χ1) is 16.5. The van der Waals surface area contributed by atoms with Gasteiger partial charge in [0.1, 0.15) is 35.2 Å². The van der Waals surface area contributed by atoms with E-state index in [1.165, 1.54) is 0 Å². The minimum absolute atomic E-state index is 0.149. The van der Waals surface area contributed by atoms with Crippen LogP contribution in [0.5, 0.6) is 11.5 Å². The molecule has 0 aliphatic rings. The second-order valence-corrected chi connectivity index (χ2v) is 7.14. The highest BCUT2D eigenvalue weighted by Gasteiger charge is 2.61. The van der Waals surface area contributed by atoms with Gasteiger partial charge in [-0.05, 0) is 35.5 Å². The van der Waals surface area contributed by atoms with Gasteiger partial charge in [0.2, 0.25) is 5.54 Å². The minimum atomic E-state index is -4.33. The maximum Gasteiger partial charge on any atom is 0.323 e. The number of hydrogen-bond acceptors (Lipinski definition) is 7. The van der Waals surface area contributed by atoms with Gasteiger partial charge in [-0.25, -0.2) is 23.4 Å². The molecule has 35 heavy (non-hydrogen) atoms. The average molecular weight is 498 g/mol. The Morgan fingerprint density at radius 2 is 1.69 bits per heavy atom. The Hall–Kier alpha value is -4.20. The molecule has 0 amide bonds. The molecule has 1 heterocycles. The molecule has 0 radical (unpaired) electrons. The molecule has 0 spiro atoms. The van der Waals surface area contributed by atoms with E-state index in [2.05, 4.69) is 15.3 Å².